The lowest BCUT2D eigenvalue weighted by Gasteiger charge is -2.29. The normalized spacial score (nSPS) is 20.4. The molecule has 2 saturated heterocycles. The number of likely N-dealkylation sites (tertiary alicyclic amines) is 1. The van der Waals surface area contributed by atoms with Crippen molar-refractivity contribution in [3.63, 3.8) is 0 Å². The number of amides is 1. The highest BCUT2D eigenvalue weighted by Crippen LogP contribution is 2.39. The van der Waals surface area contributed by atoms with E-state index in [4.69, 9.17) is 9.47 Å². The summed E-state index contributed by atoms with van der Waals surface area (Å²) in [6.45, 7) is 7.09. The number of benzene rings is 1. The van der Waals surface area contributed by atoms with Gasteiger partial charge < -0.3 is 19.5 Å². The monoisotopic (exact) mass is 479 g/mol. The minimum absolute atomic E-state index is 0.0917. The third-order valence-electron chi connectivity index (χ3n) is 6.41. The number of carbonyl (C=O) groups excluding carboxylic acids is 2. The number of ether oxygens (including phenoxy) is 2. The van der Waals surface area contributed by atoms with Gasteiger partial charge in [0, 0.05) is 44.1 Å². The molecule has 1 aromatic heterocycles. The number of nitrogens with zero attached hydrogens (tertiary/aromatic N) is 3. The SMILES string of the molecule is CCCCOc1ccc(C(O)=C2C(=O)C(=O)N(CCCN3CCOCC3)[C@H]2c2cccnc2)cc1. The van der Waals surface area contributed by atoms with Crippen molar-refractivity contribution in [3.8, 4) is 5.75 Å². The molecule has 8 heteroatoms. The summed E-state index contributed by atoms with van der Waals surface area (Å²) in [6.07, 6.45) is 6.00. The van der Waals surface area contributed by atoms with Crippen LogP contribution in [0.4, 0.5) is 0 Å². The van der Waals surface area contributed by atoms with Gasteiger partial charge in [-0.05, 0) is 48.7 Å². The Balaban J connectivity index is 1.58. The van der Waals surface area contributed by atoms with E-state index in [0.717, 1.165) is 32.5 Å². The number of aromatic nitrogens is 1. The average Bonchev–Trinajstić information content (AvgIpc) is 3.15. The van der Waals surface area contributed by atoms with Gasteiger partial charge in [0.15, 0.2) is 0 Å². The Hall–Kier alpha value is -3.23. The van der Waals surface area contributed by atoms with Gasteiger partial charge in [-0.3, -0.25) is 19.5 Å². The highest BCUT2D eigenvalue weighted by atomic mass is 16.5. The molecule has 0 radical (unpaired) electrons. The number of Topliss-reactive ketones (excluding diaryl/α,β-unsaturated/α-hetero) is 1. The van der Waals surface area contributed by atoms with E-state index in [1.165, 1.54) is 0 Å². The Morgan fingerprint density at radius 3 is 2.57 bits per heavy atom. The average molecular weight is 480 g/mol. The maximum absolute atomic E-state index is 13.1. The fourth-order valence-corrected chi connectivity index (χ4v) is 4.48. The van der Waals surface area contributed by atoms with Crippen LogP contribution in [-0.2, 0) is 14.3 Å². The molecule has 1 aromatic carbocycles. The number of aliphatic hydroxyl groups excluding tert-OH is 1. The first-order valence-electron chi connectivity index (χ1n) is 12.3. The van der Waals surface area contributed by atoms with Gasteiger partial charge >= 0.3 is 0 Å². The van der Waals surface area contributed by atoms with E-state index in [2.05, 4.69) is 16.8 Å². The minimum Gasteiger partial charge on any atom is -0.507 e. The molecule has 4 rings (SSSR count). The lowest BCUT2D eigenvalue weighted by Crippen LogP contribution is -2.39. The van der Waals surface area contributed by atoms with Crippen LogP contribution < -0.4 is 4.74 Å². The molecule has 0 bridgehead atoms. The molecule has 0 spiro atoms. The van der Waals surface area contributed by atoms with Crippen molar-refractivity contribution in [1.82, 2.24) is 14.8 Å². The van der Waals surface area contributed by atoms with Crippen LogP contribution in [0.5, 0.6) is 5.75 Å². The zero-order valence-electron chi connectivity index (χ0n) is 20.2. The van der Waals surface area contributed by atoms with E-state index in [0.29, 0.717) is 49.7 Å². The maximum atomic E-state index is 13.1. The first kappa shape index (κ1) is 24.9. The fraction of sp³-hybridized carbons (Fsp3) is 0.444. The molecule has 2 fully saturated rings. The van der Waals surface area contributed by atoms with Gasteiger partial charge in [-0.25, -0.2) is 0 Å². The van der Waals surface area contributed by atoms with Crippen LogP contribution in [0.2, 0.25) is 0 Å². The molecule has 1 amide bonds. The van der Waals surface area contributed by atoms with Crippen LogP contribution in [0.1, 0.15) is 43.4 Å². The third-order valence-corrected chi connectivity index (χ3v) is 6.41. The molecule has 0 aliphatic carbocycles. The van der Waals surface area contributed by atoms with Gasteiger partial charge in [0.05, 0.1) is 31.4 Å². The summed E-state index contributed by atoms with van der Waals surface area (Å²) in [6, 6.07) is 9.87. The predicted octanol–water partition coefficient (Wildman–Crippen LogP) is 3.40. The predicted molar refractivity (Wildman–Crippen MR) is 132 cm³/mol. The van der Waals surface area contributed by atoms with E-state index in [9.17, 15) is 14.7 Å². The molecular weight excluding hydrogens is 446 g/mol. The van der Waals surface area contributed by atoms with Crippen molar-refractivity contribution >= 4 is 17.4 Å². The lowest BCUT2D eigenvalue weighted by atomic mass is 9.96. The van der Waals surface area contributed by atoms with E-state index in [1.807, 2.05) is 6.07 Å². The van der Waals surface area contributed by atoms with Crippen molar-refractivity contribution in [2.75, 3.05) is 46.0 Å². The maximum Gasteiger partial charge on any atom is 0.295 e. The van der Waals surface area contributed by atoms with Crippen molar-refractivity contribution in [2.24, 2.45) is 0 Å². The molecule has 186 valence electrons. The quantitative estimate of drug-likeness (QED) is 0.242. The number of ketones is 1. The molecule has 0 saturated carbocycles. The first-order valence-corrected chi connectivity index (χ1v) is 12.3. The molecule has 2 aromatic rings. The molecular formula is C27H33N3O5. The van der Waals surface area contributed by atoms with Gasteiger partial charge in [-0.15, -0.1) is 0 Å². The Morgan fingerprint density at radius 1 is 1.11 bits per heavy atom. The Morgan fingerprint density at radius 2 is 1.89 bits per heavy atom. The number of hydrogen-bond donors (Lipinski definition) is 1. The van der Waals surface area contributed by atoms with Crippen LogP contribution in [0, 0.1) is 0 Å². The van der Waals surface area contributed by atoms with Gasteiger partial charge in [-0.1, -0.05) is 19.4 Å². The van der Waals surface area contributed by atoms with Gasteiger partial charge in [0.1, 0.15) is 11.5 Å². The second kappa shape index (κ2) is 12.0. The van der Waals surface area contributed by atoms with E-state index >= 15 is 0 Å². The van der Waals surface area contributed by atoms with Crippen LogP contribution in [0.3, 0.4) is 0 Å². The largest absolute Gasteiger partial charge is 0.507 e. The summed E-state index contributed by atoms with van der Waals surface area (Å²) in [5, 5.41) is 11.2. The molecule has 8 nitrogen and oxygen atoms in total. The summed E-state index contributed by atoms with van der Waals surface area (Å²) in [4.78, 5) is 34.3. The molecule has 1 N–H and O–H groups in total. The van der Waals surface area contributed by atoms with Crippen molar-refractivity contribution in [1.29, 1.82) is 0 Å². The van der Waals surface area contributed by atoms with Crippen molar-refractivity contribution in [3.05, 3.63) is 65.5 Å². The summed E-state index contributed by atoms with van der Waals surface area (Å²) in [5.74, 6) is -0.761. The van der Waals surface area contributed by atoms with E-state index in [1.54, 1.807) is 47.6 Å². The van der Waals surface area contributed by atoms with Crippen molar-refractivity contribution < 1.29 is 24.2 Å². The Kier molecular flexibility index (Phi) is 8.50. The number of unbranched alkanes of at least 4 members (excludes halogenated alkanes) is 1. The zero-order valence-corrected chi connectivity index (χ0v) is 20.2. The highest BCUT2D eigenvalue weighted by molar-refractivity contribution is 6.46. The first-order chi connectivity index (χ1) is 17.1. The summed E-state index contributed by atoms with van der Waals surface area (Å²) >= 11 is 0. The molecule has 1 atom stereocenters. The summed E-state index contributed by atoms with van der Waals surface area (Å²) in [5.41, 5.74) is 1.25. The van der Waals surface area contributed by atoms with E-state index < -0.39 is 17.7 Å². The van der Waals surface area contributed by atoms with E-state index in [-0.39, 0.29) is 11.3 Å². The third kappa shape index (κ3) is 5.89. The molecule has 0 unspecified atom stereocenters. The number of rotatable bonds is 10. The second-order valence-electron chi connectivity index (χ2n) is 8.81. The number of hydrogen-bond acceptors (Lipinski definition) is 7. The van der Waals surface area contributed by atoms with Crippen LogP contribution in [0.15, 0.2) is 54.4 Å². The zero-order chi connectivity index (χ0) is 24.6. The fourth-order valence-electron chi connectivity index (χ4n) is 4.48. The van der Waals surface area contributed by atoms with Gasteiger partial charge in [0.25, 0.3) is 11.7 Å². The Labute approximate surface area is 206 Å². The van der Waals surface area contributed by atoms with Crippen LogP contribution in [0.25, 0.3) is 5.76 Å². The lowest BCUT2D eigenvalue weighted by molar-refractivity contribution is -0.140. The summed E-state index contributed by atoms with van der Waals surface area (Å²) in [7, 11) is 0. The van der Waals surface area contributed by atoms with Gasteiger partial charge in [0.2, 0.25) is 0 Å². The van der Waals surface area contributed by atoms with Crippen LogP contribution in [-0.4, -0.2) is 77.6 Å². The van der Waals surface area contributed by atoms with Gasteiger partial charge in [-0.2, -0.15) is 0 Å². The second-order valence-corrected chi connectivity index (χ2v) is 8.81. The topological polar surface area (TPSA) is 92.2 Å². The smallest absolute Gasteiger partial charge is 0.295 e. The molecule has 2 aliphatic rings. The number of morpholine rings is 1. The van der Waals surface area contributed by atoms with Crippen LogP contribution >= 0.6 is 0 Å². The molecule has 35 heavy (non-hydrogen) atoms. The summed E-state index contributed by atoms with van der Waals surface area (Å²) < 4.78 is 11.1. The molecule has 3 heterocycles. The minimum atomic E-state index is -0.686. The van der Waals surface area contributed by atoms with Crippen molar-refractivity contribution in [2.45, 2.75) is 32.2 Å². The standard InChI is InChI=1S/C27H33N3O5/c1-2-3-16-35-22-9-7-20(8-10-22)25(31)23-24(21-6-4-11-28-19-21)30(27(33)26(23)32)13-5-12-29-14-17-34-18-15-29/h4,6-11,19,24,31H,2-3,5,12-18H2,1H3/t24-/m0/s1. The Bertz CT molecular complexity index is 1030. The number of pyridine rings is 1. The molecule has 2 aliphatic heterocycles. The number of aliphatic hydroxyl groups is 1. The number of carbonyl (C=O) groups is 2. The highest BCUT2D eigenvalue weighted by Gasteiger charge is 2.45.